The Bertz CT molecular complexity index is 395. The molecule has 1 fully saturated rings. The van der Waals surface area contributed by atoms with Crippen LogP contribution in [-0.4, -0.2) is 19.1 Å². The lowest BCUT2D eigenvalue weighted by atomic mass is 9.96. The predicted octanol–water partition coefficient (Wildman–Crippen LogP) is 2.41. The Balaban J connectivity index is 2.38. The first-order chi connectivity index (χ1) is 7.59. The van der Waals surface area contributed by atoms with Crippen LogP contribution in [0.2, 0.25) is 5.02 Å². The zero-order valence-electron chi connectivity index (χ0n) is 9.48. The van der Waals surface area contributed by atoms with Crippen molar-refractivity contribution in [1.82, 2.24) is 10.6 Å². The number of hydrogen-bond acceptors (Lipinski definition) is 2. The van der Waals surface area contributed by atoms with Crippen molar-refractivity contribution in [3.05, 3.63) is 34.1 Å². The van der Waals surface area contributed by atoms with Crippen molar-refractivity contribution in [2.24, 2.45) is 0 Å². The fourth-order valence-corrected chi connectivity index (χ4v) is 2.46. The molecule has 1 aliphatic heterocycles. The van der Waals surface area contributed by atoms with E-state index in [4.69, 9.17) is 11.6 Å². The lowest BCUT2D eigenvalue weighted by Crippen LogP contribution is -2.49. The maximum Gasteiger partial charge on any atom is 0.131 e. The van der Waals surface area contributed by atoms with Crippen LogP contribution in [0.25, 0.3) is 0 Å². The minimum absolute atomic E-state index is 0.00819. The molecule has 1 aromatic rings. The third kappa shape index (κ3) is 2.21. The van der Waals surface area contributed by atoms with Crippen molar-refractivity contribution >= 4 is 11.6 Å². The molecular weight excluding hydrogens is 227 g/mol. The lowest BCUT2D eigenvalue weighted by Gasteiger charge is -2.32. The number of benzene rings is 1. The summed E-state index contributed by atoms with van der Waals surface area (Å²) in [5.41, 5.74) is 1.26. The van der Waals surface area contributed by atoms with Crippen molar-refractivity contribution in [2.75, 3.05) is 13.1 Å². The highest BCUT2D eigenvalue weighted by Gasteiger charge is 2.25. The first-order valence-electron chi connectivity index (χ1n) is 5.52. The lowest BCUT2D eigenvalue weighted by molar-refractivity contribution is 0.337. The molecule has 0 spiro atoms. The Morgan fingerprint density at radius 3 is 2.69 bits per heavy atom. The largest absolute Gasteiger partial charge is 0.311 e. The normalized spacial score (nSPS) is 25.8. The van der Waals surface area contributed by atoms with Crippen molar-refractivity contribution in [3.63, 3.8) is 0 Å². The van der Waals surface area contributed by atoms with Crippen LogP contribution in [0, 0.1) is 12.7 Å². The second kappa shape index (κ2) is 4.70. The molecule has 1 heterocycles. The summed E-state index contributed by atoms with van der Waals surface area (Å²) in [7, 11) is 0. The van der Waals surface area contributed by atoms with Crippen molar-refractivity contribution in [2.45, 2.75) is 25.9 Å². The molecular formula is C12H16ClFN2. The summed E-state index contributed by atoms with van der Waals surface area (Å²) < 4.78 is 14.0. The average molecular weight is 243 g/mol. The highest BCUT2D eigenvalue weighted by atomic mass is 35.5. The zero-order chi connectivity index (χ0) is 11.7. The molecule has 0 amide bonds. The van der Waals surface area contributed by atoms with E-state index in [0.29, 0.717) is 16.1 Å². The van der Waals surface area contributed by atoms with Crippen LogP contribution in [0.3, 0.4) is 0 Å². The molecule has 16 heavy (non-hydrogen) atoms. The summed E-state index contributed by atoms with van der Waals surface area (Å²) in [5, 5.41) is 7.23. The van der Waals surface area contributed by atoms with Gasteiger partial charge in [-0.05, 0) is 31.5 Å². The van der Waals surface area contributed by atoms with E-state index < -0.39 is 0 Å². The first kappa shape index (κ1) is 11.8. The van der Waals surface area contributed by atoms with Gasteiger partial charge in [0.2, 0.25) is 0 Å². The van der Waals surface area contributed by atoms with Gasteiger partial charge in [-0.1, -0.05) is 11.6 Å². The monoisotopic (exact) mass is 242 g/mol. The van der Waals surface area contributed by atoms with Gasteiger partial charge in [-0.3, -0.25) is 0 Å². The van der Waals surface area contributed by atoms with E-state index in [1.165, 1.54) is 0 Å². The van der Waals surface area contributed by atoms with E-state index in [0.717, 1.165) is 13.1 Å². The number of aryl methyl sites for hydroxylation is 1. The molecule has 1 aromatic carbocycles. The highest BCUT2D eigenvalue weighted by Crippen LogP contribution is 2.27. The molecule has 0 aliphatic carbocycles. The van der Waals surface area contributed by atoms with Crippen LogP contribution in [0.4, 0.5) is 4.39 Å². The van der Waals surface area contributed by atoms with E-state index in [1.807, 2.05) is 6.92 Å². The fourth-order valence-electron chi connectivity index (χ4n) is 2.18. The van der Waals surface area contributed by atoms with Gasteiger partial charge in [-0.25, -0.2) is 4.39 Å². The van der Waals surface area contributed by atoms with Gasteiger partial charge in [0.25, 0.3) is 0 Å². The molecule has 0 bridgehead atoms. The number of halogens is 2. The van der Waals surface area contributed by atoms with Crippen LogP contribution < -0.4 is 10.6 Å². The molecule has 2 N–H and O–H groups in total. The Hall–Kier alpha value is -0.640. The van der Waals surface area contributed by atoms with Crippen LogP contribution >= 0.6 is 11.6 Å². The van der Waals surface area contributed by atoms with Gasteiger partial charge in [0.05, 0.1) is 6.04 Å². The van der Waals surface area contributed by atoms with Gasteiger partial charge >= 0.3 is 0 Å². The summed E-state index contributed by atoms with van der Waals surface area (Å²) in [4.78, 5) is 0. The Labute approximate surface area is 100 Å². The number of hydrogen-bond donors (Lipinski definition) is 2. The summed E-state index contributed by atoms with van der Waals surface area (Å²) in [6.07, 6.45) is 0. The Morgan fingerprint density at radius 2 is 2.00 bits per heavy atom. The summed E-state index contributed by atoms with van der Waals surface area (Å²) in [5.74, 6) is -0.155. The van der Waals surface area contributed by atoms with Crippen molar-refractivity contribution < 1.29 is 4.39 Å². The molecule has 0 radical (unpaired) electrons. The van der Waals surface area contributed by atoms with Gasteiger partial charge in [0.15, 0.2) is 0 Å². The molecule has 0 unspecified atom stereocenters. The molecule has 2 nitrogen and oxygen atoms in total. The molecule has 4 heteroatoms. The van der Waals surface area contributed by atoms with Crippen LogP contribution in [0.15, 0.2) is 12.1 Å². The molecule has 0 saturated carbocycles. The summed E-state index contributed by atoms with van der Waals surface area (Å²) in [6, 6.07) is 3.57. The summed E-state index contributed by atoms with van der Waals surface area (Å²) >= 11 is 5.97. The molecule has 2 atom stereocenters. The average Bonchev–Trinajstić information content (AvgIpc) is 2.24. The minimum atomic E-state index is -0.155. The molecule has 2 rings (SSSR count). The Kier molecular flexibility index (Phi) is 3.47. The van der Waals surface area contributed by atoms with Crippen LogP contribution in [0.5, 0.6) is 0 Å². The zero-order valence-corrected chi connectivity index (χ0v) is 10.2. The van der Waals surface area contributed by atoms with E-state index >= 15 is 0 Å². The standard InChI is InChI=1S/C12H16ClFN2/c1-7-5-9(13)6-10(11(7)14)12-8(2)15-3-4-16-12/h5-6,8,12,15-16H,3-4H2,1-2H3/t8-,12+/m1/s1. The van der Waals surface area contributed by atoms with E-state index in [9.17, 15) is 4.39 Å². The quantitative estimate of drug-likeness (QED) is 0.790. The molecule has 88 valence electrons. The van der Waals surface area contributed by atoms with Gasteiger partial charge in [-0.15, -0.1) is 0 Å². The van der Waals surface area contributed by atoms with Gasteiger partial charge in [0, 0.05) is 29.7 Å². The topological polar surface area (TPSA) is 24.1 Å². The minimum Gasteiger partial charge on any atom is -0.311 e. The molecule has 0 aromatic heterocycles. The van der Waals surface area contributed by atoms with Gasteiger partial charge < -0.3 is 10.6 Å². The SMILES string of the molecule is Cc1cc(Cl)cc([C@H]2NCCN[C@@H]2C)c1F. The predicted molar refractivity (Wildman–Crippen MR) is 64.4 cm³/mol. The van der Waals surface area contributed by atoms with E-state index in [2.05, 4.69) is 10.6 Å². The second-order valence-electron chi connectivity index (χ2n) is 4.30. The number of nitrogens with one attached hydrogen (secondary N) is 2. The fraction of sp³-hybridized carbons (Fsp3) is 0.500. The number of rotatable bonds is 1. The van der Waals surface area contributed by atoms with E-state index in [1.54, 1.807) is 19.1 Å². The maximum absolute atomic E-state index is 14.0. The van der Waals surface area contributed by atoms with Crippen molar-refractivity contribution in [3.8, 4) is 0 Å². The smallest absolute Gasteiger partial charge is 0.131 e. The number of piperazine rings is 1. The van der Waals surface area contributed by atoms with Gasteiger partial charge in [0.1, 0.15) is 5.82 Å². The first-order valence-corrected chi connectivity index (χ1v) is 5.89. The molecule has 1 saturated heterocycles. The van der Waals surface area contributed by atoms with Crippen LogP contribution in [-0.2, 0) is 0 Å². The Morgan fingerprint density at radius 1 is 1.31 bits per heavy atom. The van der Waals surface area contributed by atoms with Gasteiger partial charge in [-0.2, -0.15) is 0 Å². The van der Waals surface area contributed by atoms with Crippen LogP contribution in [0.1, 0.15) is 24.1 Å². The van der Waals surface area contributed by atoms with E-state index in [-0.39, 0.29) is 17.9 Å². The second-order valence-corrected chi connectivity index (χ2v) is 4.74. The third-order valence-corrected chi connectivity index (χ3v) is 3.26. The highest BCUT2D eigenvalue weighted by molar-refractivity contribution is 6.30. The third-order valence-electron chi connectivity index (χ3n) is 3.04. The molecule has 1 aliphatic rings. The maximum atomic E-state index is 14.0. The summed E-state index contributed by atoms with van der Waals surface area (Å²) in [6.45, 7) is 5.55. The van der Waals surface area contributed by atoms with Crippen molar-refractivity contribution in [1.29, 1.82) is 0 Å².